The minimum Gasteiger partial charge on any atom is -0.0622 e. The Kier molecular flexibility index (Phi) is 8.82. The summed E-state index contributed by atoms with van der Waals surface area (Å²) in [5.41, 5.74) is 18.2. The topological polar surface area (TPSA) is 0 Å². The Balaban J connectivity index is 0.935. The van der Waals surface area contributed by atoms with Crippen molar-refractivity contribution < 1.29 is 0 Å². The zero-order valence-electron chi connectivity index (χ0n) is 32.8. The van der Waals surface area contributed by atoms with Gasteiger partial charge in [-0.3, -0.25) is 0 Å². The lowest BCUT2D eigenvalue weighted by Crippen LogP contribution is -2.11. The second-order valence-corrected chi connectivity index (χ2v) is 16.0. The number of hydrogen-bond donors (Lipinski definition) is 0. The summed E-state index contributed by atoms with van der Waals surface area (Å²) in [7, 11) is 0. The fraction of sp³-hybridized carbons (Fsp3) is 0.0508. The molecule has 0 aliphatic heterocycles. The van der Waals surface area contributed by atoms with E-state index < -0.39 is 0 Å². The van der Waals surface area contributed by atoms with E-state index in [0.29, 0.717) is 0 Å². The van der Waals surface area contributed by atoms with Crippen LogP contribution in [0.15, 0.2) is 231 Å². The first-order valence-electron chi connectivity index (χ1n) is 20.8. The van der Waals surface area contributed by atoms with Crippen molar-refractivity contribution in [3.8, 4) is 44.5 Å². The summed E-state index contributed by atoms with van der Waals surface area (Å²) in [5, 5.41) is 5.28. The summed E-state index contributed by atoms with van der Waals surface area (Å²) in [6.07, 6.45) is 0.909. The molecule has 10 aromatic carbocycles. The van der Waals surface area contributed by atoms with Crippen LogP contribution in [0.5, 0.6) is 0 Å². The smallest absolute Gasteiger partial charge is 0.0352 e. The van der Waals surface area contributed by atoms with Crippen molar-refractivity contribution in [2.75, 3.05) is 0 Å². The van der Waals surface area contributed by atoms with Gasteiger partial charge in [-0.25, -0.2) is 0 Å². The zero-order chi connectivity index (χ0) is 39.1. The van der Waals surface area contributed by atoms with Gasteiger partial charge in [0.15, 0.2) is 0 Å². The second kappa shape index (κ2) is 14.9. The minimum absolute atomic E-state index is 0.134. The average Bonchev–Trinajstić information content (AvgIpc) is 3.32. The lowest BCUT2D eigenvalue weighted by Gasteiger charge is -2.30. The maximum absolute atomic E-state index is 2.43. The van der Waals surface area contributed by atoms with Crippen LogP contribution >= 0.6 is 0 Å². The Morgan fingerprint density at radius 1 is 0.356 bits per heavy atom. The fourth-order valence-electron chi connectivity index (χ4n) is 9.65. The lowest BCUT2D eigenvalue weighted by molar-refractivity contribution is 0.805. The van der Waals surface area contributed by atoms with Gasteiger partial charge in [0.2, 0.25) is 0 Å². The largest absolute Gasteiger partial charge is 0.0622 e. The van der Waals surface area contributed by atoms with Crippen molar-refractivity contribution in [3.05, 3.63) is 264 Å². The van der Waals surface area contributed by atoms with E-state index in [4.69, 9.17) is 0 Å². The summed E-state index contributed by atoms with van der Waals surface area (Å²) in [6.45, 7) is 0. The first-order chi connectivity index (χ1) is 29.2. The predicted octanol–water partition coefficient (Wildman–Crippen LogP) is 15.5. The van der Waals surface area contributed by atoms with Crippen LogP contribution in [-0.2, 0) is 6.42 Å². The van der Waals surface area contributed by atoms with Gasteiger partial charge in [-0.1, -0.05) is 231 Å². The molecule has 1 aliphatic carbocycles. The van der Waals surface area contributed by atoms with Gasteiger partial charge in [0, 0.05) is 11.8 Å². The third-order valence-electron chi connectivity index (χ3n) is 12.6. The number of hydrogen-bond acceptors (Lipinski definition) is 0. The maximum Gasteiger partial charge on any atom is 0.0352 e. The molecule has 0 spiro atoms. The number of rotatable bonds is 8. The Morgan fingerprint density at radius 2 is 0.881 bits per heavy atom. The Hall–Kier alpha value is -7.28. The van der Waals surface area contributed by atoms with E-state index in [1.807, 2.05) is 0 Å². The molecule has 0 bridgehead atoms. The molecule has 0 radical (unpaired) electrons. The molecule has 59 heavy (non-hydrogen) atoms. The number of benzene rings is 10. The third kappa shape index (κ3) is 6.44. The molecule has 11 rings (SSSR count). The molecule has 0 heterocycles. The summed E-state index contributed by atoms with van der Waals surface area (Å²) >= 11 is 0. The molecule has 0 saturated heterocycles. The van der Waals surface area contributed by atoms with E-state index in [2.05, 4.69) is 231 Å². The standard InChI is InChI=1S/C59H42/c1-3-12-41(13-4-1)43-28-32-47(33-29-43)56(48-34-30-44(31-35-48)42-14-5-2-6-15-42)38-40-24-26-45(27-25-40)50-19-9-20-51(39-50)58-53-22-10-17-49-18-11-23-54(57(49)53)59-52-21-8-7-16-46(52)36-37-55(58)59/h1-37,39,56,58H,38H2/t58-/m1/s1. The van der Waals surface area contributed by atoms with Crippen LogP contribution < -0.4 is 0 Å². The van der Waals surface area contributed by atoms with Gasteiger partial charge in [0.25, 0.3) is 0 Å². The van der Waals surface area contributed by atoms with Crippen LogP contribution in [0.3, 0.4) is 0 Å². The van der Waals surface area contributed by atoms with Crippen LogP contribution in [0.2, 0.25) is 0 Å². The molecular weight excluding hydrogens is 709 g/mol. The van der Waals surface area contributed by atoms with Crippen molar-refractivity contribution >= 4 is 21.5 Å². The van der Waals surface area contributed by atoms with Gasteiger partial charge in [-0.2, -0.15) is 0 Å². The van der Waals surface area contributed by atoms with Crippen LogP contribution in [0.25, 0.3) is 66.1 Å². The van der Waals surface area contributed by atoms with Gasteiger partial charge in [0.1, 0.15) is 0 Å². The molecule has 1 aliphatic rings. The van der Waals surface area contributed by atoms with Crippen LogP contribution in [0, 0.1) is 0 Å². The van der Waals surface area contributed by atoms with Gasteiger partial charge < -0.3 is 0 Å². The summed E-state index contributed by atoms with van der Waals surface area (Å²) in [5.74, 6) is 0.349. The first-order valence-corrected chi connectivity index (χ1v) is 20.8. The summed E-state index contributed by atoms with van der Waals surface area (Å²) in [4.78, 5) is 0. The molecule has 0 fully saturated rings. The zero-order valence-corrected chi connectivity index (χ0v) is 32.8. The molecule has 0 N–H and O–H groups in total. The second-order valence-electron chi connectivity index (χ2n) is 16.0. The molecule has 0 amide bonds. The first kappa shape index (κ1) is 34.9. The highest BCUT2D eigenvalue weighted by atomic mass is 14.3. The average molecular weight is 751 g/mol. The molecule has 10 aromatic rings. The molecule has 0 saturated carbocycles. The molecule has 0 aromatic heterocycles. The predicted molar refractivity (Wildman–Crippen MR) is 249 cm³/mol. The van der Waals surface area contributed by atoms with E-state index in [0.717, 1.165) is 6.42 Å². The van der Waals surface area contributed by atoms with Gasteiger partial charge in [0.05, 0.1) is 0 Å². The van der Waals surface area contributed by atoms with Gasteiger partial charge >= 0.3 is 0 Å². The highest BCUT2D eigenvalue weighted by Crippen LogP contribution is 2.50. The maximum atomic E-state index is 2.43. The normalized spacial score (nSPS) is 13.1. The van der Waals surface area contributed by atoms with E-state index in [1.54, 1.807) is 0 Å². The molecular formula is C59H42. The Morgan fingerprint density at radius 3 is 1.56 bits per heavy atom. The lowest BCUT2D eigenvalue weighted by atomic mass is 9.72. The molecule has 0 unspecified atom stereocenters. The fourth-order valence-corrected chi connectivity index (χ4v) is 9.65. The Bertz CT molecular complexity index is 3000. The SMILES string of the molecule is c1ccc(-c2ccc(C(Cc3ccc(-c4cccc([C@H]5c6ccc7ccccc7c6-c6cccc7cccc5c67)c4)cc3)c3ccc(-c4ccccc4)cc3)cc2)cc1. The van der Waals surface area contributed by atoms with E-state index in [-0.39, 0.29) is 11.8 Å². The van der Waals surface area contributed by atoms with Gasteiger partial charge in [-0.05, 0) is 106 Å². The highest BCUT2D eigenvalue weighted by Gasteiger charge is 2.29. The van der Waals surface area contributed by atoms with Gasteiger partial charge in [-0.15, -0.1) is 0 Å². The third-order valence-corrected chi connectivity index (χ3v) is 12.6. The molecule has 0 heteroatoms. The van der Waals surface area contributed by atoms with Crippen molar-refractivity contribution in [1.29, 1.82) is 0 Å². The molecule has 1 atom stereocenters. The van der Waals surface area contributed by atoms with Crippen molar-refractivity contribution in [3.63, 3.8) is 0 Å². The van der Waals surface area contributed by atoms with Crippen molar-refractivity contribution in [2.45, 2.75) is 18.3 Å². The summed E-state index contributed by atoms with van der Waals surface area (Å²) in [6, 6.07) is 85.4. The van der Waals surface area contributed by atoms with Crippen molar-refractivity contribution in [1.82, 2.24) is 0 Å². The van der Waals surface area contributed by atoms with Crippen LogP contribution in [0.4, 0.5) is 0 Å². The van der Waals surface area contributed by atoms with Crippen LogP contribution in [-0.4, -0.2) is 0 Å². The highest BCUT2D eigenvalue weighted by molar-refractivity contribution is 6.10. The summed E-state index contributed by atoms with van der Waals surface area (Å²) < 4.78 is 0. The monoisotopic (exact) mass is 750 g/mol. The Labute approximate surface area is 346 Å². The quantitative estimate of drug-likeness (QED) is 0.145. The molecule has 0 nitrogen and oxygen atoms in total. The molecule has 278 valence electrons. The number of fused-ring (bicyclic) bond motifs is 4. The van der Waals surface area contributed by atoms with Crippen molar-refractivity contribution in [2.24, 2.45) is 0 Å². The minimum atomic E-state index is 0.134. The van der Waals surface area contributed by atoms with E-state index in [9.17, 15) is 0 Å². The van der Waals surface area contributed by atoms with E-state index >= 15 is 0 Å². The van der Waals surface area contributed by atoms with Crippen LogP contribution in [0.1, 0.15) is 45.2 Å². The van der Waals surface area contributed by atoms with E-state index in [1.165, 1.54) is 99.4 Å².